The van der Waals surface area contributed by atoms with Crippen LogP contribution in [0.1, 0.15) is 22.8 Å². The molecule has 0 radical (unpaired) electrons. The minimum Gasteiger partial charge on any atom is -0.508 e. The van der Waals surface area contributed by atoms with E-state index in [-0.39, 0.29) is 17.8 Å². The van der Waals surface area contributed by atoms with Crippen LogP contribution in [0, 0.1) is 5.92 Å². The fourth-order valence-corrected chi connectivity index (χ4v) is 2.83. The fourth-order valence-electron chi connectivity index (χ4n) is 2.83. The quantitative estimate of drug-likeness (QED) is 0.847. The van der Waals surface area contributed by atoms with Crippen LogP contribution >= 0.6 is 0 Å². The molecule has 0 fully saturated rings. The second kappa shape index (κ2) is 4.46. The first-order valence-corrected chi connectivity index (χ1v) is 6.28. The highest BCUT2D eigenvalue weighted by Gasteiger charge is 2.30. The van der Waals surface area contributed by atoms with E-state index in [1.165, 1.54) is 5.56 Å². The molecule has 92 valence electrons. The van der Waals surface area contributed by atoms with Crippen LogP contribution in [0.15, 0.2) is 48.5 Å². The second-order valence-corrected chi connectivity index (χ2v) is 4.98. The highest BCUT2D eigenvalue weighted by molar-refractivity contribution is 5.36. The lowest BCUT2D eigenvalue weighted by Crippen LogP contribution is -2.10. The third kappa shape index (κ3) is 2.00. The Kier molecular flexibility index (Phi) is 2.80. The number of hydrogen-bond acceptors (Lipinski definition) is 2. The molecule has 2 N–H and O–H groups in total. The number of aliphatic hydroxyl groups is 1. The molecule has 3 rings (SSSR count). The number of fused-ring (bicyclic) bond motifs is 1. The first kappa shape index (κ1) is 11.3. The predicted molar refractivity (Wildman–Crippen MR) is 70.4 cm³/mol. The molecular weight excluding hydrogens is 224 g/mol. The molecule has 0 heterocycles. The van der Waals surface area contributed by atoms with Gasteiger partial charge in [-0.3, -0.25) is 0 Å². The Labute approximate surface area is 107 Å². The maximum atomic E-state index is 10.3. The first-order chi connectivity index (χ1) is 8.74. The van der Waals surface area contributed by atoms with Gasteiger partial charge in [-0.15, -0.1) is 0 Å². The summed E-state index contributed by atoms with van der Waals surface area (Å²) in [6.45, 7) is 0. The van der Waals surface area contributed by atoms with E-state index in [1.807, 2.05) is 30.3 Å². The van der Waals surface area contributed by atoms with E-state index in [1.54, 1.807) is 12.1 Å². The van der Waals surface area contributed by atoms with Crippen molar-refractivity contribution in [3.05, 3.63) is 65.2 Å². The Balaban J connectivity index is 1.81. The van der Waals surface area contributed by atoms with Crippen molar-refractivity contribution in [3.63, 3.8) is 0 Å². The van der Waals surface area contributed by atoms with Gasteiger partial charge in [-0.25, -0.2) is 0 Å². The molecule has 0 saturated carbocycles. The highest BCUT2D eigenvalue weighted by atomic mass is 16.3. The van der Waals surface area contributed by atoms with E-state index in [0.29, 0.717) is 0 Å². The third-order valence-corrected chi connectivity index (χ3v) is 3.71. The standard InChI is InChI=1S/C16H16O2/c17-14-6-3-4-11(9-14)8-13-10-12-5-1-2-7-15(12)16(13)18/h1-7,9,13,16-18H,8,10H2. The summed E-state index contributed by atoms with van der Waals surface area (Å²) in [4.78, 5) is 0. The van der Waals surface area contributed by atoms with Gasteiger partial charge in [-0.1, -0.05) is 36.4 Å². The molecule has 0 spiro atoms. The van der Waals surface area contributed by atoms with Gasteiger partial charge in [0.05, 0.1) is 6.10 Å². The minimum atomic E-state index is -0.386. The number of phenols is 1. The average Bonchev–Trinajstić information content (AvgIpc) is 2.67. The molecule has 18 heavy (non-hydrogen) atoms. The Bertz CT molecular complexity index is 563. The zero-order chi connectivity index (χ0) is 12.5. The van der Waals surface area contributed by atoms with Gasteiger partial charge in [0.1, 0.15) is 5.75 Å². The Morgan fingerprint density at radius 1 is 1.06 bits per heavy atom. The number of hydrogen-bond donors (Lipinski definition) is 2. The number of aliphatic hydroxyl groups excluding tert-OH is 1. The molecule has 0 saturated heterocycles. The zero-order valence-electron chi connectivity index (χ0n) is 10.1. The van der Waals surface area contributed by atoms with E-state index in [9.17, 15) is 10.2 Å². The van der Waals surface area contributed by atoms with Crippen LogP contribution in [0.2, 0.25) is 0 Å². The number of rotatable bonds is 2. The summed E-state index contributed by atoms with van der Waals surface area (Å²) in [5, 5.41) is 19.8. The van der Waals surface area contributed by atoms with Crippen LogP contribution in [-0.4, -0.2) is 10.2 Å². The smallest absolute Gasteiger partial charge is 0.115 e. The lowest BCUT2D eigenvalue weighted by molar-refractivity contribution is 0.123. The third-order valence-electron chi connectivity index (χ3n) is 3.71. The molecule has 2 atom stereocenters. The summed E-state index contributed by atoms with van der Waals surface area (Å²) in [5.74, 6) is 0.502. The maximum Gasteiger partial charge on any atom is 0.115 e. The van der Waals surface area contributed by atoms with Gasteiger partial charge in [0.15, 0.2) is 0 Å². The van der Waals surface area contributed by atoms with Gasteiger partial charge in [0.25, 0.3) is 0 Å². The highest BCUT2D eigenvalue weighted by Crippen LogP contribution is 2.37. The van der Waals surface area contributed by atoms with Crippen molar-refractivity contribution < 1.29 is 10.2 Å². The second-order valence-electron chi connectivity index (χ2n) is 4.98. The summed E-state index contributed by atoms with van der Waals surface area (Å²) in [5.41, 5.74) is 3.38. The SMILES string of the molecule is Oc1cccc(CC2Cc3ccccc3C2O)c1. The van der Waals surface area contributed by atoms with Gasteiger partial charge in [0.2, 0.25) is 0 Å². The van der Waals surface area contributed by atoms with E-state index >= 15 is 0 Å². The first-order valence-electron chi connectivity index (χ1n) is 6.28. The molecule has 0 aromatic heterocycles. The van der Waals surface area contributed by atoms with Crippen molar-refractivity contribution in [2.45, 2.75) is 18.9 Å². The predicted octanol–water partition coefficient (Wildman–Crippen LogP) is 2.84. The molecule has 1 aliphatic rings. The fraction of sp³-hybridized carbons (Fsp3) is 0.250. The van der Waals surface area contributed by atoms with E-state index in [2.05, 4.69) is 6.07 Å². The minimum absolute atomic E-state index is 0.212. The molecule has 0 bridgehead atoms. The van der Waals surface area contributed by atoms with E-state index in [0.717, 1.165) is 24.0 Å². The van der Waals surface area contributed by atoms with E-state index < -0.39 is 0 Å². The molecule has 2 aromatic rings. The van der Waals surface area contributed by atoms with Crippen molar-refractivity contribution in [1.82, 2.24) is 0 Å². The normalized spacial score (nSPS) is 21.8. The largest absolute Gasteiger partial charge is 0.508 e. The van der Waals surface area contributed by atoms with Gasteiger partial charge >= 0.3 is 0 Å². The monoisotopic (exact) mass is 240 g/mol. The molecule has 2 aromatic carbocycles. The number of benzene rings is 2. The number of phenolic OH excluding ortho intramolecular Hbond substituents is 1. The number of aromatic hydroxyl groups is 1. The molecule has 1 aliphatic carbocycles. The van der Waals surface area contributed by atoms with Gasteiger partial charge in [0, 0.05) is 0 Å². The lowest BCUT2D eigenvalue weighted by Gasteiger charge is -2.15. The molecule has 2 heteroatoms. The molecular formula is C16H16O2. The topological polar surface area (TPSA) is 40.5 Å². The van der Waals surface area contributed by atoms with Gasteiger partial charge < -0.3 is 10.2 Å². The summed E-state index contributed by atoms with van der Waals surface area (Å²) in [6, 6.07) is 15.4. The van der Waals surface area contributed by atoms with Crippen LogP contribution in [-0.2, 0) is 12.8 Å². The Morgan fingerprint density at radius 3 is 2.67 bits per heavy atom. The summed E-state index contributed by atoms with van der Waals surface area (Å²) in [7, 11) is 0. The van der Waals surface area contributed by atoms with Crippen LogP contribution in [0.5, 0.6) is 5.75 Å². The van der Waals surface area contributed by atoms with Gasteiger partial charge in [-0.2, -0.15) is 0 Å². The zero-order valence-corrected chi connectivity index (χ0v) is 10.1. The molecule has 0 amide bonds. The van der Waals surface area contributed by atoms with Crippen molar-refractivity contribution in [1.29, 1.82) is 0 Å². The van der Waals surface area contributed by atoms with Crippen molar-refractivity contribution in [2.75, 3.05) is 0 Å². The van der Waals surface area contributed by atoms with Crippen LogP contribution in [0.25, 0.3) is 0 Å². The molecule has 2 nitrogen and oxygen atoms in total. The Hall–Kier alpha value is -1.80. The lowest BCUT2D eigenvalue weighted by atomic mass is 9.94. The van der Waals surface area contributed by atoms with Crippen LogP contribution in [0.3, 0.4) is 0 Å². The summed E-state index contributed by atoms with van der Waals surface area (Å²) >= 11 is 0. The Morgan fingerprint density at radius 2 is 1.89 bits per heavy atom. The van der Waals surface area contributed by atoms with Crippen LogP contribution in [0.4, 0.5) is 0 Å². The van der Waals surface area contributed by atoms with Crippen molar-refractivity contribution in [2.24, 2.45) is 5.92 Å². The maximum absolute atomic E-state index is 10.3. The van der Waals surface area contributed by atoms with Crippen molar-refractivity contribution in [3.8, 4) is 5.75 Å². The molecule has 2 unspecified atom stereocenters. The summed E-state index contributed by atoms with van der Waals surface area (Å²) < 4.78 is 0. The van der Waals surface area contributed by atoms with E-state index in [4.69, 9.17) is 0 Å². The van der Waals surface area contributed by atoms with Gasteiger partial charge in [-0.05, 0) is 47.6 Å². The van der Waals surface area contributed by atoms with Crippen molar-refractivity contribution >= 4 is 0 Å². The van der Waals surface area contributed by atoms with Crippen LogP contribution < -0.4 is 0 Å². The molecule has 0 aliphatic heterocycles. The summed E-state index contributed by atoms with van der Waals surface area (Å²) in [6.07, 6.45) is 1.32. The average molecular weight is 240 g/mol.